The van der Waals surface area contributed by atoms with Gasteiger partial charge in [-0.05, 0) is 57.4 Å². The Kier molecular flexibility index (Phi) is 6.10. The molecule has 2 saturated heterocycles. The fraction of sp³-hybridized carbons (Fsp3) is 0.478. The quantitative estimate of drug-likeness (QED) is 0.535. The van der Waals surface area contributed by atoms with Gasteiger partial charge in [-0.3, -0.25) is 5.32 Å². The van der Waals surface area contributed by atoms with Crippen molar-refractivity contribution in [3.8, 4) is 17.2 Å². The Morgan fingerprint density at radius 2 is 1.86 bits per heavy atom. The average molecular weight is 507 g/mol. The molecule has 1 spiro atoms. The number of carbonyl (C=O) groups is 1. The number of nitrogens with one attached hydrogen (secondary N) is 1. The number of likely N-dealkylation sites (tertiary alicyclic amines) is 1. The Balaban J connectivity index is 1.17. The van der Waals surface area contributed by atoms with E-state index in [9.17, 15) is 18.0 Å². The van der Waals surface area contributed by atoms with Crippen molar-refractivity contribution in [1.29, 1.82) is 0 Å². The van der Waals surface area contributed by atoms with E-state index in [0.29, 0.717) is 56.2 Å². The van der Waals surface area contributed by atoms with Crippen LogP contribution >= 0.6 is 0 Å². The number of ether oxygens (including phenoxy) is 2. The molecule has 5 rings (SSSR count). The molecule has 10 nitrogen and oxygen atoms in total. The van der Waals surface area contributed by atoms with Crippen LogP contribution in [0.1, 0.15) is 42.3 Å². The summed E-state index contributed by atoms with van der Waals surface area (Å²) in [7, 11) is 0. The minimum atomic E-state index is -4.76. The first-order valence-corrected chi connectivity index (χ1v) is 11.4. The van der Waals surface area contributed by atoms with Crippen LogP contribution in [0.3, 0.4) is 0 Å². The third kappa shape index (κ3) is 5.01. The third-order valence-corrected chi connectivity index (χ3v) is 6.69. The van der Waals surface area contributed by atoms with Gasteiger partial charge in [0.05, 0.1) is 17.9 Å². The van der Waals surface area contributed by atoms with Crippen molar-refractivity contribution < 1.29 is 36.5 Å². The Morgan fingerprint density at radius 1 is 1.14 bits per heavy atom. The lowest BCUT2D eigenvalue weighted by Crippen LogP contribution is -2.47. The van der Waals surface area contributed by atoms with Gasteiger partial charge in [-0.2, -0.15) is 4.98 Å². The fourth-order valence-corrected chi connectivity index (χ4v) is 4.50. The molecule has 0 aliphatic carbocycles. The number of carbonyl (C=O) groups excluding carboxylic acids is 1. The minimum absolute atomic E-state index is 0.0875. The Hall–Kier alpha value is -3.61. The van der Waals surface area contributed by atoms with Crippen molar-refractivity contribution >= 4 is 11.9 Å². The SMILES string of the molecule is Cc1noc(NC(=O)N2CCC3(CC2)C[C@@H](c2noc(-c4ccc(OC(F)(F)F)cc4)n2)CO3)c1C. The number of nitrogens with zero attached hydrogens (tertiary/aromatic N) is 4. The van der Waals surface area contributed by atoms with Crippen LogP contribution in [0.2, 0.25) is 0 Å². The van der Waals surface area contributed by atoms with Gasteiger partial charge in [-0.1, -0.05) is 10.3 Å². The van der Waals surface area contributed by atoms with Gasteiger partial charge in [0.25, 0.3) is 5.89 Å². The number of hydrogen-bond acceptors (Lipinski definition) is 8. The molecule has 192 valence electrons. The van der Waals surface area contributed by atoms with E-state index in [1.165, 1.54) is 24.3 Å². The summed E-state index contributed by atoms with van der Waals surface area (Å²) in [6, 6.07) is 4.98. The third-order valence-electron chi connectivity index (χ3n) is 6.69. The highest BCUT2D eigenvalue weighted by molar-refractivity contribution is 5.88. The molecule has 13 heteroatoms. The van der Waals surface area contributed by atoms with E-state index in [4.69, 9.17) is 13.8 Å². The summed E-state index contributed by atoms with van der Waals surface area (Å²) in [5.41, 5.74) is 1.63. The predicted molar refractivity (Wildman–Crippen MR) is 118 cm³/mol. The van der Waals surface area contributed by atoms with E-state index in [1.807, 2.05) is 13.8 Å². The zero-order chi connectivity index (χ0) is 25.5. The van der Waals surface area contributed by atoms with Crippen LogP contribution in [0.5, 0.6) is 5.75 Å². The number of aryl methyl sites for hydroxylation is 1. The van der Waals surface area contributed by atoms with Crippen molar-refractivity contribution in [3.05, 3.63) is 41.3 Å². The molecular weight excluding hydrogens is 483 g/mol. The molecule has 2 aromatic heterocycles. The van der Waals surface area contributed by atoms with Crippen LogP contribution in [-0.2, 0) is 4.74 Å². The van der Waals surface area contributed by atoms with Crippen molar-refractivity contribution in [2.45, 2.75) is 51.0 Å². The molecular formula is C23H24F3N5O5. The zero-order valence-corrected chi connectivity index (χ0v) is 19.6. The fourth-order valence-electron chi connectivity index (χ4n) is 4.50. The molecule has 2 amide bonds. The van der Waals surface area contributed by atoms with Crippen LogP contribution < -0.4 is 10.1 Å². The van der Waals surface area contributed by atoms with Gasteiger partial charge in [0.15, 0.2) is 5.82 Å². The smallest absolute Gasteiger partial charge is 0.406 e. The van der Waals surface area contributed by atoms with Crippen LogP contribution in [0.25, 0.3) is 11.5 Å². The second kappa shape index (κ2) is 9.12. The number of aromatic nitrogens is 3. The molecule has 0 bridgehead atoms. The molecule has 0 unspecified atom stereocenters. The van der Waals surface area contributed by atoms with E-state index < -0.39 is 6.36 Å². The normalized spacial score (nSPS) is 19.6. The highest BCUT2D eigenvalue weighted by Gasteiger charge is 2.45. The molecule has 2 aliphatic heterocycles. The van der Waals surface area contributed by atoms with Crippen molar-refractivity contribution in [2.75, 3.05) is 25.0 Å². The highest BCUT2D eigenvalue weighted by Crippen LogP contribution is 2.42. The topological polar surface area (TPSA) is 116 Å². The van der Waals surface area contributed by atoms with E-state index in [-0.39, 0.29) is 29.2 Å². The van der Waals surface area contributed by atoms with E-state index in [2.05, 4.69) is 25.4 Å². The Labute approximate surface area is 203 Å². The minimum Gasteiger partial charge on any atom is -0.406 e. The number of piperidine rings is 1. The van der Waals surface area contributed by atoms with E-state index in [0.717, 1.165) is 11.3 Å². The molecule has 1 N–H and O–H groups in total. The Morgan fingerprint density at radius 3 is 2.50 bits per heavy atom. The molecule has 1 aromatic carbocycles. The molecule has 2 aliphatic rings. The van der Waals surface area contributed by atoms with E-state index >= 15 is 0 Å². The maximum atomic E-state index is 12.6. The molecule has 1 atom stereocenters. The van der Waals surface area contributed by atoms with Gasteiger partial charge in [0, 0.05) is 30.1 Å². The summed E-state index contributed by atoms with van der Waals surface area (Å²) in [6.07, 6.45) is -2.75. The van der Waals surface area contributed by atoms with Crippen molar-refractivity contribution in [1.82, 2.24) is 20.2 Å². The molecule has 2 fully saturated rings. The van der Waals surface area contributed by atoms with Gasteiger partial charge >= 0.3 is 12.4 Å². The monoisotopic (exact) mass is 507 g/mol. The predicted octanol–water partition coefficient (Wildman–Crippen LogP) is 4.81. The van der Waals surface area contributed by atoms with Gasteiger partial charge in [-0.15, -0.1) is 13.2 Å². The first-order valence-electron chi connectivity index (χ1n) is 11.4. The summed E-state index contributed by atoms with van der Waals surface area (Å²) < 4.78 is 57.6. The molecule has 0 saturated carbocycles. The first-order chi connectivity index (χ1) is 17.1. The van der Waals surface area contributed by atoms with Crippen LogP contribution in [0, 0.1) is 13.8 Å². The number of amides is 2. The lowest BCUT2D eigenvalue weighted by molar-refractivity contribution is -0.274. The summed E-state index contributed by atoms with van der Waals surface area (Å²) >= 11 is 0. The lowest BCUT2D eigenvalue weighted by atomic mass is 9.85. The maximum Gasteiger partial charge on any atom is 0.573 e. The number of halogens is 3. The summed E-state index contributed by atoms with van der Waals surface area (Å²) in [4.78, 5) is 18.8. The second-order valence-electron chi connectivity index (χ2n) is 9.06. The first kappa shape index (κ1) is 24.1. The molecule has 36 heavy (non-hydrogen) atoms. The second-order valence-corrected chi connectivity index (χ2v) is 9.06. The largest absolute Gasteiger partial charge is 0.573 e. The standard InChI is InChI=1S/C23H24F3N5O5/c1-13-14(2)29-35-19(13)28-21(32)31-9-7-22(8-10-31)11-16(12-33-22)18-27-20(36-30-18)15-3-5-17(6-4-15)34-23(24,25)26/h3-6,16H,7-12H2,1-2H3,(H,28,32)/t16-/m1/s1. The van der Waals surface area contributed by atoms with Gasteiger partial charge in [0.1, 0.15) is 5.75 Å². The highest BCUT2D eigenvalue weighted by atomic mass is 19.4. The molecule has 3 aromatic rings. The lowest BCUT2D eigenvalue weighted by Gasteiger charge is -2.38. The van der Waals surface area contributed by atoms with Crippen LogP contribution in [-0.4, -0.2) is 57.9 Å². The molecule has 4 heterocycles. The van der Waals surface area contributed by atoms with Gasteiger partial charge in [-0.25, -0.2) is 4.79 Å². The molecule has 0 radical (unpaired) electrons. The van der Waals surface area contributed by atoms with Gasteiger partial charge in [0.2, 0.25) is 5.88 Å². The number of anilines is 1. The number of hydrogen-bond donors (Lipinski definition) is 1. The summed E-state index contributed by atoms with van der Waals surface area (Å²) in [5, 5.41) is 10.7. The number of urea groups is 1. The van der Waals surface area contributed by atoms with Gasteiger partial charge < -0.3 is 23.4 Å². The van der Waals surface area contributed by atoms with Crippen molar-refractivity contribution in [3.63, 3.8) is 0 Å². The number of rotatable bonds is 4. The Bertz CT molecular complexity index is 1230. The average Bonchev–Trinajstić information content (AvgIpc) is 3.55. The van der Waals surface area contributed by atoms with E-state index in [1.54, 1.807) is 4.90 Å². The van der Waals surface area contributed by atoms with Crippen LogP contribution in [0.15, 0.2) is 33.3 Å². The number of alkyl halides is 3. The van der Waals surface area contributed by atoms with Crippen molar-refractivity contribution in [2.24, 2.45) is 0 Å². The summed E-state index contributed by atoms with van der Waals surface area (Å²) in [6.45, 7) is 5.10. The number of benzene rings is 1. The van der Waals surface area contributed by atoms with Crippen LogP contribution in [0.4, 0.5) is 23.8 Å². The zero-order valence-electron chi connectivity index (χ0n) is 19.6. The maximum absolute atomic E-state index is 12.6. The summed E-state index contributed by atoms with van der Waals surface area (Å²) in [5.74, 6) is 0.618.